The largest absolute Gasteiger partial charge is 0.323 e. The molecule has 0 aliphatic carbocycles. The van der Waals surface area contributed by atoms with Crippen molar-refractivity contribution in [1.29, 1.82) is 0 Å². The molecule has 1 aliphatic heterocycles. The quantitative estimate of drug-likeness (QED) is 0.481. The zero-order valence-electron chi connectivity index (χ0n) is 18.0. The summed E-state index contributed by atoms with van der Waals surface area (Å²) in [6, 6.07) is 23.8. The molecule has 0 saturated carbocycles. The van der Waals surface area contributed by atoms with Crippen LogP contribution in [-0.2, 0) is 6.54 Å². The molecule has 3 amide bonds. The number of urea groups is 1. The summed E-state index contributed by atoms with van der Waals surface area (Å²) in [6.45, 7) is 3.25. The second-order valence-corrected chi connectivity index (χ2v) is 8.01. The van der Waals surface area contributed by atoms with Gasteiger partial charge in [0.2, 0.25) is 0 Å². The minimum atomic E-state index is -0.322. The summed E-state index contributed by atoms with van der Waals surface area (Å²) in [5, 5.41) is 8.44. The van der Waals surface area contributed by atoms with Gasteiger partial charge in [-0.3, -0.25) is 9.69 Å². The van der Waals surface area contributed by atoms with E-state index in [1.54, 1.807) is 24.3 Å². The lowest BCUT2D eigenvalue weighted by atomic mass is 10.1. The minimum absolute atomic E-state index is 0.156. The number of nitrogens with one attached hydrogen (secondary N) is 3. The van der Waals surface area contributed by atoms with Crippen molar-refractivity contribution in [1.82, 2.24) is 4.90 Å². The number of carbonyl (C=O) groups is 2. The van der Waals surface area contributed by atoms with Gasteiger partial charge < -0.3 is 16.0 Å². The highest BCUT2D eigenvalue weighted by Crippen LogP contribution is 2.17. The van der Waals surface area contributed by atoms with Gasteiger partial charge >= 0.3 is 6.03 Å². The number of amides is 3. The fourth-order valence-corrected chi connectivity index (χ4v) is 3.79. The first kappa shape index (κ1) is 21.6. The molecule has 3 N–H and O–H groups in total. The average molecular weight is 429 g/mol. The first-order valence-electron chi connectivity index (χ1n) is 11.0. The Balaban J connectivity index is 1.28. The van der Waals surface area contributed by atoms with Gasteiger partial charge in [-0.25, -0.2) is 4.79 Å². The van der Waals surface area contributed by atoms with Gasteiger partial charge in [0.05, 0.1) is 0 Å². The SMILES string of the molecule is O=C(Nc1ccccc1)Nc1ccc(NC(=O)c2ccc(CN3CCCCC3)cc2)cc1. The van der Waals surface area contributed by atoms with Crippen molar-refractivity contribution in [2.45, 2.75) is 25.8 Å². The predicted molar refractivity (Wildman–Crippen MR) is 129 cm³/mol. The number of nitrogens with zero attached hydrogens (tertiary/aromatic N) is 1. The highest BCUT2D eigenvalue weighted by molar-refractivity contribution is 6.04. The Morgan fingerprint density at radius 3 is 1.84 bits per heavy atom. The van der Waals surface area contributed by atoms with Crippen molar-refractivity contribution in [3.63, 3.8) is 0 Å². The zero-order chi connectivity index (χ0) is 22.2. The highest BCUT2D eigenvalue weighted by atomic mass is 16.2. The Hall–Kier alpha value is -3.64. The summed E-state index contributed by atoms with van der Waals surface area (Å²) in [4.78, 5) is 27.1. The number of rotatable bonds is 6. The molecule has 6 nitrogen and oxygen atoms in total. The molecule has 0 radical (unpaired) electrons. The van der Waals surface area contributed by atoms with Crippen LogP contribution < -0.4 is 16.0 Å². The first-order valence-corrected chi connectivity index (χ1v) is 11.0. The molecule has 0 bridgehead atoms. The Kier molecular flexibility index (Phi) is 7.15. The van der Waals surface area contributed by atoms with E-state index in [0.717, 1.165) is 25.3 Å². The molecule has 0 atom stereocenters. The Morgan fingerprint density at radius 1 is 0.656 bits per heavy atom. The molecule has 164 valence electrons. The fourth-order valence-electron chi connectivity index (χ4n) is 3.79. The number of carbonyl (C=O) groups excluding carboxylic acids is 2. The van der Waals surface area contributed by atoms with Crippen LogP contribution in [-0.4, -0.2) is 29.9 Å². The summed E-state index contributed by atoms with van der Waals surface area (Å²) in [7, 11) is 0. The van der Waals surface area contributed by atoms with Crippen molar-refractivity contribution in [2.24, 2.45) is 0 Å². The molecule has 0 spiro atoms. The number of hydrogen-bond acceptors (Lipinski definition) is 3. The lowest BCUT2D eigenvalue weighted by Crippen LogP contribution is -2.29. The Labute approximate surface area is 188 Å². The van der Waals surface area contributed by atoms with Gasteiger partial charge in [0.1, 0.15) is 0 Å². The lowest BCUT2D eigenvalue weighted by Gasteiger charge is -2.26. The maximum Gasteiger partial charge on any atom is 0.323 e. The van der Waals surface area contributed by atoms with E-state index < -0.39 is 0 Å². The summed E-state index contributed by atoms with van der Waals surface area (Å²) in [5.74, 6) is -0.156. The van der Waals surface area contributed by atoms with Crippen molar-refractivity contribution in [3.05, 3.63) is 90.0 Å². The minimum Gasteiger partial charge on any atom is -0.322 e. The summed E-state index contributed by atoms with van der Waals surface area (Å²) >= 11 is 0. The standard InChI is InChI=1S/C26H28N4O2/c31-25(21-11-9-20(10-12-21)19-30-17-5-2-6-18-30)27-23-13-15-24(16-14-23)29-26(32)28-22-7-3-1-4-8-22/h1,3-4,7-16H,2,5-6,17-19H2,(H,27,31)(H2,28,29,32). The van der Waals surface area contributed by atoms with Gasteiger partial charge in [-0.1, -0.05) is 36.8 Å². The van der Waals surface area contributed by atoms with Crippen LogP contribution in [0.2, 0.25) is 0 Å². The van der Waals surface area contributed by atoms with Crippen LogP contribution in [0.3, 0.4) is 0 Å². The normalized spacial score (nSPS) is 13.9. The molecular weight excluding hydrogens is 400 g/mol. The van der Waals surface area contributed by atoms with E-state index in [1.807, 2.05) is 54.6 Å². The smallest absolute Gasteiger partial charge is 0.322 e. The summed E-state index contributed by atoms with van der Waals surface area (Å²) < 4.78 is 0. The Morgan fingerprint density at radius 2 is 1.22 bits per heavy atom. The molecule has 6 heteroatoms. The number of piperidine rings is 1. The third kappa shape index (κ3) is 6.18. The van der Waals surface area contributed by atoms with Gasteiger partial charge in [0, 0.05) is 29.2 Å². The van der Waals surface area contributed by atoms with Crippen LogP contribution in [0.4, 0.5) is 21.9 Å². The van der Waals surface area contributed by atoms with Crippen LogP contribution in [0.5, 0.6) is 0 Å². The van der Waals surface area contributed by atoms with Crippen molar-refractivity contribution >= 4 is 29.0 Å². The molecule has 3 aromatic rings. The number of benzene rings is 3. The van der Waals surface area contributed by atoms with Gasteiger partial charge in [-0.05, 0) is 80.0 Å². The average Bonchev–Trinajstić information content (AvgIpc) is 2.82. The van der Waals surface area contributed by atoms with Gasteiger partial charge in [-0.15, -0.1) is 0 Å². The Bertz CT molecular complexity index is 1030. The third-order valence-electron chi connectivity index (χ3n) is 5.50. The fraction of sp³-hybridized carbons (Fsp3) is 0.231. The van der Waals surface area contributed by atoms with E-state index in [4.69, 9.17) is 0 Å². The number of anilines is 3. The highest BCUT2D eigenvalue weighted by Gasteiger charge is 2.11. The molecule has 1 aliphatic rings. The number of para-hydroxylation sites is 1. The molecule has 0 aromatic heterocycles. The van der Waals surface area contributed by atoms with Crippen LogP contribution >= 0.6 is 0 Å². The molecule has 3 aromatic carbocycles. The molecule has 1 fully saturated rings. The monoisotopic (exact) mass is 428 g/mol. The number of likely N-dealkylation sites (tertiary alicyclic amines) is 1. The topological polar surface area (TPSA) is 73.5 Å². The van der Waals surface area contributed by atoms with Crippen LogP contribution in [0.25, 0.3) is 0 Å². The van der Waals surface area contributed by atoms with E-state index in [9.17, 15) is 9.59 Å². The number of hydrogen-bond donors (Lipinski definition) is 3. The molecule has 0 unspecified atom stereocenters. The molecule has 1 heterocycles. The van der Waals surface area contributed by atoms with E-state index in [2.05, 4.69) is 20.9 Å². The van der Waals surface area contributed by atoms with E-state index >= 15 is 0 Å². The lowest BCUT2D eigenvalue weighted by molar-refractivity contribution is 0.102. The molecular formula is C26H28N4O2. The van der Waals surface area contributed by atoms with Crippen molar-refractivity contribution in [3.8, 4) is 0 Å². The summed E-state index contributed by atoms with van der Waals surface area (Å²) in [5.41, 5.74) is 3.88. The third-order valence-corrected chi connectivity index (χ3v) is 5.50. The predicted octanol–water partition coefficient (Wildman–Crippen LogP) is 5.57. The molecule has 4 rings (SSSR count). The maximum absolute atomic E-state index is 12.6. The van der Waals surface area contributed by atoms with E-state index in [0.29, 0.717) is 16.9 Å². The van der Waals surface area contributed by atoms with Crippen molar-refractivity contribution in [2.75, 3.05) is 29.0 Å². The molecule has 1 saturated heterocycles. The first-order chi connectivity index (χ1) is 15.7. The van der Waals surface area contributed by atoms with Crippen LogP contribution in [0, 0.1) is 0 Å². The second kappa shape index (κ2) is 10.6. The molecule has 32 heavy (non-hydrogen) atoms. The van der Waals surface area contributed by atoms with Gasteiger partial charge in [0.25, 0.3) is 5.91 Å². The van der Waals surface area contributed by atoms with E-state index in [-0.39, 0.29) is 11.9 Å². The van der Waals surface area contributed by atoms with Gasteiger partial charge in [0.15, 0.2) is 0 Å². The van der Waals surface area contributed by atoms with Crippen LogP contribution in [0.1, 0.15) is 35.2 Å². The maximum atomic E-state index is 12.6. The summed E-state index contributed by atoms with van der Waals surface area (Å²) in [6.07, 6.45) is 3.87. The van der Waals surface area contributed by atoms with Gasteiger partial charge in [-0.2, -0.15) is 0 Å². The van der Waals surface area contributed by atoms with E-state index in [1.165, 1.54) is 24.8 Å². The van der Waals surface area contributed by atoms with Crippen LogP contribution in [0.15, 0.2) is 78.9 Å². The zero-order valence-corrected chi connectivity index (χ0v) is 18.0. The second-order valence-electron chi connectivity index (χ2n) is 8.01. The van der Waals surface area contributed by atoms with Crippen molar-refractivity contribution < 1.29 is 9.59 Å².